The summed E-state index contributed by atoms with van der Waals surface area (Å²) < 4.78 is 29.7. The van der Waals surface area contributed by atoms with Gasteiger partial charge in [0.2, 0.25) is 10.0 Å². The summed E-state index contributed by atoms with van der Waals surface area (Å²) in [4.78, 5) is 22.6. The van der Waals surface area contributed by atoms with E-state index in [0.29, 0.717) is 11.4 Å². The number of ether oxygens (including phenoxy) is 1. The molecule has 0 fully saturated rings. The molecule has 0 aliphatic rings. The number of nitrogens with zero attached hydrogens (tertiary/aromatic N) is 2. The number of rotatable bonds is 7. The number of carbonyl (C=O) groups is 1. The van der Waals surface area contributed by atoms with E-state index < -0.39 is 27.0 Å². The first kappa shape index (κ1) is 21.5. The average molecular weight is 428 g/mol. The van der Waals surface area contributed by atoms with Crippen LogP contribution in [0.25, 0.3) is 0 Å². The molecule has 0 aliphatic heterocycles. The maximum atomic E-state index is 12.3. The standard InChI is InChI=1S/C17H18ClN3O6S/c1-11(17(22)19-16-10-13(21(23)24)6-9-15(16)18)27-14-7-4-12(5-8-14)20(2)28(3,25)26/h4-11H,1-3H3,(H,19,22). The Kier molecular flexibility index (Phi) is 6.47. The van der Waals surface area contributed by atoms with Crippen molar-refractivity contribution < 1.29 is 22.9 Å². The fourth-order valence-electron chi connectivity index (χ4n) is 2.14. The van der Waals surface area contributed by atoms with E-state index in [9.17, 15) is 23.3 Å². The van der Waals surface area contributed by atoms with E-state index in [0.717, 1.165) is 16.6 Å². The first-order valence-corrected chi connectivity index (χ1v) is 10.2. The van der Waals surface area contributed by atoms with Crippen molar-refractivity contribution in [3.8, 4) is 5.75 Å². The van der Waals surface area contributed by atoms with Gasteiger partial charge in [-0.05, 0) is 37.3 Å². The normalized spacial score (nSPS) is 12.1. The van der Waals surface area contributed by atoms with Gasteiger partial charge in [-0.15, -0.1) is 0 Å². The van der Waals surface area contributed by atoms with E-state index in [1.165, 1.54) is 38.2 Å². The number of halogens is 1. The highest BCUT2D eigenvalue weighted by Crippen LogP contribution is 2.27. The van der Waals surface area contributed by atoms with Crippen LogP contribution in [0.5, 0.6) is 5.75 Å². The van der Waals surface area contributed by atoms with E-state index in [2.05, 4.69) is 5.32 Å². The highest BCUT2D eigenvalue weighted by Gasteiger charge is 2.18. The maximum Gasteiger partial charge on any atom is 0.271 e. The van der Waals surface area contributed by atoms with Gasteiger partial charge >= 0.3 is 0 Å². The second-order valence-electron chi connectivity index (χ2n) is 5.89. The van der Waals surface area contributed by atoms with Gasteiger partial charge in [0.15, 0.2) is 6.10 Å². The Morgan fingerprint density at radius 3 is 2.39 bits per heavy atom. The summed E-state index contributed by atoms with van der Waals surface area (Å²) in [5, 5.41) is 13.5. The van der Waals surface area contributed by atoms with E-state index in [1.807, 2.05) is 0 Å². The van der Waals surface area contributed by atoms with E-state index in [-0.39, 0.29) is 16.4 Å². The number of nitrogens with one attached hydrogen (secondary N) is 1. The van der Waals surface area contributed by atoms with Crippen LogP contribution in [-0.2, 0) is 14.8 Å². The number of hydrogen-bond acceptors (Lipinski definition) is 6. The Morgan fingerprint density at radius 2 is 1.86 bits per heavy atom. The third-order valence-electron chi connectivity index (χ3n) is 3.80. The van der Waals surface area contributed by atoms with Crippen molar-refractivity contribution in [2.45, 2.75) is 13.0 Å². The summed E-state index contributed by atoms with van der Waals surface area (Å²) in [5.41, 5.74) is 0.329. The van der Waals surface area contributed by atoms with E-state index in [1.54, 1.807) is 12.1 Å². The van der Waals surface area contributed by atoms with Crippen molar-refractivity contribution >= 4 is 44.6 Å². The molecule has 1 amide bonds. The number of nitro groups is 1. The van der Waals surface area contributed by atoms with Gasteiger partial charge in [0.25, 0.3) is 11.6 Å². The molecule has 0 spiro atoms. The van der Waals surface area contributed by atoms with Crippen LogP contribution in [0.2, 0.25) is 5.02 Å². The predicted molar refractivity (Wildman–Crippen MR) is 107 cm³/mol. The van der Waals surface area contributed by atoms with Crippen molar-refractivity contribution in [1.29, 1.82) is 0 Å². The van der Waals surface area contributed by atoms with Crippen molar-refractivity contribution in [1.82, 2.24) is 0 Å². The van der Waals surface area contributed by atoms with Gasteiger partial charge in [0, 0.05) is 19.2 Å². The number of non-ortho nitro benzene ring substituents is 1. The quantitative estimate of drug-likeness (QED) is 0.535. The molecule has 2 aromatic rings. The van der Waals surface area contributed by atoms with Crippen LogP contribution in [-0.4, -0.2) is 38.7 Å². The Bertz CT molecular complexity index is 994. The van der Waals surface area contributed by atoms with Gasteiger partial charge in [0.05, 0.1) is 27.6 Å². The number of carbonyl (C=O) groups excluding carboxylic acids is 1. The monoisotopic (exact) mass is 427 g/mol. The zero-order chi connectivity index (χ0) is 21.1. The van der Waals surface area contributed by atoms with E-state index in [4.69, 9.17) is 16.3 Å². The van der Waals surface area contributed by atoms with Crippen LogP contribution >= 0.6 is 11.6 Å². The van der Waals surface area contributed by atoms with Crippen molar-refractivity contribution in [2.24, 2.45) is 0 Å². The summed E-state index contributed by atoms with van der Waals surface area (Å²) in [7, 11) is -1.96. The summed E-state index contributed by atoms with van der Waals surface area (Å²) in [6.45, 7) is 1.50. The molecule has 0 radical (unpaired) electrons. The minimum Gasteiger partial charge on any atom is -0.481 e. The molecule has 1 unspecified atom stereocenters. The summed E-state index contributed by atoms with van der Waals surface area (Å²) in [5.74, 6) is -0.210. The van der Waals surface area contributed by atoms with Gasteiger partial charge in [-0.3, -0.25) is 19.2 Å². The van der Waals surface area contributed by atoms with Crippen molar-refractivity contribution in [2.75, 3.05) is 22.9 Å². The Balaban J connectivity index is 2.07. The lowest BCUT2D eigenvalue weighted by Crippen LogP contribution is -2.30. The predicted octanol–water partition coefficient (Wildman–Crippen LogP) is 3.05. The van der Waals surface area contributed by atoms with Crippen molar-refractivity contribution in [3.05, 3.63) is 57.6 Å². The zero-order valence-corrected chi connectivity index (χ0v) is 16.8. The Labute approximate surface area is 167 Å². The third-order valence-corrected chi connectivity index (χ3v) is 5.33. The zero-order valence-electron chi connectivity index (χ0n) is 15.2. The van der Waals surface area contributed by atoms with Crippen LogP contribution < -0.4 is 14.4 Å². The lowest BCUT2D eigenvalue weighted by molar-refractivity contribution is -0.384. The molecule has 2 rings (SSSR count). The summed E-state index contributed by atoms with van der Waals surface area (Å²) in [6.07, 6.45) is 0.150. The highest BCUT2D eigenvalue weighted by molar-refractivity contribution is 7.92. The molecule has 0 saturated carbocycles. The lowest BCUT2D eigenvalue weighted by Gasteiger charge is -2.18. The molecule has 150 valence electrons. The number of hydrogen-bond donors (Lipinski definition) is 1. The number of benzene rings is 2. The molecule has 0 heterocycles. The molecule has 0 bridgehead atoms. The third kappa shape index (κ3) is 5.33. The molecule has 0 aliphatic carbocycles. The molecule has 0 aromatic heterocycles. The van der Waals surface area contributed by atoms with Gasteiger partial charge in [-0.1, -0.05) is 11.6 Å². The number of amides is 1. The molecule has 0 saturated heterocycles. The second-order valence-corrected chi connectivity index (χ2v) is 8.32. The number of nitro benzene ring substituents is 1. The van der Waals surface area contributed by atoms with Crippen LogP contribution in [0.15, 0.2) is 42.5 Å². The number of sulfonamides is 1. The molecule has 28 heavy (non-hydrogen) atoms. The number of anilines is 2. The first-order valence-electron chi connectivity index (χ1n) is 7.94. The minimum atomic E-state index is -3.39. The molecule has 1 N–H and O–H groups in total. The lowest BCUT2D eigenvalue weighted by atomic mass is 10.2. The molecule has 2 aromatic carbocycles. The molecule has 1 atom stereocenters. The summed E-state index contributed by atoms with van der Waals surface area (Å²) >= 11 is 5.96. The van der Waals surface area contributed by atoms with Gasteiger partial charge in [0.1, 0.15) is 5.75 Å². The van der Waals surface area contributed by atoms with Crippen LogP contribution in [0, 0.1) is 10.1 Å². The molecular formula is C17H18ClN3O6S. The average Bonchev–Trinajstić information content (AvgIpc) is 2.62. The smallest absolute Gasteiger partial charge is 0.271 e. The van der Waals surface area contributed by atoms with Crippen LogP contribution in [0.3, 0.4) is 0 Å². The van der Waals surface area contributed by atoms with Crippen LogP contribution in [0.1, 0.15) is 6.92 Å². The summed E-state index contributed by atoms with van der Waals surface area (Å²) in [6, 6.07) is 9.84. The molecule has 11 heteroatoms. The topological polar surface area (TPSA) is 119 Å². The first-order chi connectivity index (χ1) is 13.0. The van der Waals surface area contributed by atoms with Gasteiger partial charge in [-0.25, -0.2) is 8.42 Å². The minimum absolute atomic E-state index is 0.0986. The molecular weight excluding hydrogens is 410 g/mol. The second kappa shape index (κ2) is 8.44. The Hall–Kier alpha value is -2.85. The van der Waals surface area contributed by atoms with Gasteiger partial charge < -0.3 is 10.1 Å². The largest absolute Gasteiger partial charge is 0.481 e. The maximum absolute atomic E-state index is 12.3. The fraction of sp³-hybridized carbons (Fsp3) is 0.235. The van der Waals surface area contributed by atoms with E-state index >= 15 is 0 Å². The Morgan fingerprint density at radius 1 is 1.25 bits per heavy atom. The molecule has 9 nitrogen and oxygen atoms in total. The SMILES string of the molecule is CC(Oc1ccc(N(C)S(C)(=O)=O)cc1)C(=O)Nc1cc([N+](=O)[O-])ccc1Cl. The van der Waals surface area contributed by atoms with Gasteiger partial charge in [-0.2, -0.15) is 0 Å². The van der Waals surface area contributed by atoms with Crippen molar-refractivity contribution in [3.63, 3.8) is 0 Å². The van der Waals surface area contributed by atoms with Crippen LogP contribution in [0.4, 0.5) is 17.1 Å². The highest BCUT2D eigenvalue weighted by atomic mass is 35.5. The fourth-order valence-corrected chi connectivity index (χ4v) is 2.81.